The molecular formula is C15H19N3O. The Kier molecular flexibility index (Phi) is 4.14. The first-order valence-corrected chi connectivity index (χ1v) is 6.19. The number of hydrogen-bond donors (Lipinski definition) is 2. The summed E-state index contributed by atoms with van der Waals surface area (Å²) in [7, 11) is 1.66. The average Bonchev–Trinajstić information content (AvgIpc) is 2.40. The molecule has 0 amide bonds. The molecule has 3 N–H and O–H groups in total. The van der Waals surface area contributed by atoms with Crippen molar-refractivity contribution >= 4 is 0 Å². The monoisotopic (exact) mass is 257 g/mol. The van der Waals surface area contributed by atoms with Gasteiger partial charge in [-0.15, -0.1) is 0 Å². The van der Waals surface area contributed by atoms with E-state index in [-0.39, 0.29) is 6.04 Å². The lowest BCUT2D eigenvalue weighted by Gasteiger charge is -2.19. The molecule has 0 aliphatic carbocycles. The van der Waals surface area contributed by atoms with Crippen LogP contribution in [-0.2, 0) is 0 Å². The third kappa shape index (κ3) is 2.92. The van der Waals surface area contributed by atoms with E-state index in [4.69, 9.17) is 10.6 Å². The van der Waals surface area contributed by atoms with E-state index >= 15 is 0 Å². The van der Waals surface area contributed by atoms with Crippen molar-refractivity contribution in [3.63, 3.8) is 0 Å². The van der Waals surface area contributed by atoms with Gasteiger partial charge >= 0.3 is 0 Å². The number of aryl methyl sites for hydroxylation is 2. The second kappa shape index (κ2) is 5.82. The summed E-state index contributed by atoms with van der Waals surface area (Å²) in [6.07, 6.45) is 1.79. The van der Waals surface area contributed by atoms with Crippen LogP contribution in [0.1, 0.15) is 28.4 Å². The summed E-state index contributed by atoms with van der Waals surface area (Å²) < 4.78 is 5.41. The van der Waals surface area contributed by atoms with Gasteiger partial charge in [0.1, 0.15) is 5.75 Å². The molecule has 1 unspecified atom stereocenters. The van der Waals surface area contributed by atoms with E-state index in [0.29, 0.717) is 0 Å². The maximum Gasteiger partial charge on any atom is 0.124 e. The number of nitrogens with zero attached hydrogens (tertiary/aromatic N) is 1. The molecule has 1 aromatic heterocycles. The zero-order valence-electron chi connectivity index (χ0n) is 11.5. The summed E-state index contributed by atoms with van der Waals surface area (Å²) in [6.45, 7) is 4.08. The molecular weight excluding hydrogens is 238 g/mol. The lowest BCUT2D eigenvalue weighted by molar-refractivity contribution is 0.403. The van der Waals surface area contributed by atoms with Gasteiger partial charge in [0, 0.05) is 11.8 Å². The van der Waals surface area contributed by atoms with Crippen LogP contribution >= 0.6 is 0 Å². The van der Waals surface area contributed by atoms with Gasteiger partial charge in [-0.3, -0.25) is 10.8 Å². The van der Waals surface area contributed by atoms with Crippen molar-refractivity contribution < 1.29 is 4.74 Å². The normalized spacial score (nSPS) is 12.2. The minimum atomic E-state index is -0.185. The number of nitrogens with two attached hydrogens (primary N) is 1. The number of benzene rings is 1. The topological polar surface area (TPSA) is 60.2 Å². The number of pyridine rings is 1. The quantitative estimate of drug-likeness (QED) is 0.651. The Labute approximate surface area is 113 Å². The number of hydrazine groups is 1. The SMILES string of the molecule is COc1ccc(C)cc1C(NN)c1cc(C)ccn1. The van der Waals surface area contributed by atoms with E-state index < -0.39 is 0 Å². The molecule has 1 atom stereocenters. The van der Waals surface area contributed by atoms with Crippen LogP contribution in [0.2, 0.25) is 0 Å². The first kappa shape index (κ1) is 13.5. The van der Waals surface area contributed by atoms with Crippen LogP contribution in [0.4, 0.5) is 0 Å². The Bertz CT molecular complexity index is 569. The number of hydrogen-bond acceptors (Lipinski definition) is 4. The van der Waals surface area contributed by atoms with Gasteiger partial charge in [-0.2, -0.15) is 0 Å². The Morgan fingerprint density at radius 1 is 1.16 bits per heavy atom. The molecule has 4 heteroatoms. The predicted octanol–water partition coefficient (Wildman–Crippen LogP) is 2.26. The highest BCUT2D eigenvalue weighted by atomic mass is 16.5. The van der Waals surface area contributed by atoms with Crippen LogP contribution in [0.5, 0.6) is 5.75 Å². The standard InChI is InChI=1S/C15H19N3O/c1-10-4-5-14(19-3)12(8-10)15(18-16)13-9-11(2)6-7-17-13/h4-9,15,18H,16H2,1-3H3. The van der Waals surface area contributed by atoms with E-state index in [9.17, 15) is 0 Å². The van der Waals surface area contributed by atoms with Gasteiger partial charge in [-0.05, 0) is 37.6 Å². The van der Waals surface area contributed by atoms with Crippen molar-refractivity contribution in [3.05, 3.63) is 58.9 Å². The highest BCUT2D eigenvalue weighted by molar-refractivity contribution is 5.42. The molecule has 0 aliphatic rings. The molecule has 0 saturated heterocycles. The van der Waals surface area contributed by atoms with Crippen LogP contribution in [0.15, 0.2) is 36.5 Å². The summed E-state index contributed by atoms with van der Waals surface area (Å²) in [6, 6.07) is 9.82. The van der Waals surface area contributed by atoms with Crippen LogP contribution < -0.4 is 16.0 Å². The minimum Gasteiger partial charge on any atom is -0.496 e. The summed E-state index contributed by atoms with van der Waals surface area (Å²) in [5.41, 5.74) is 7.00. The maximum atomic E-state index is 5.72. The zero-order chi connectivity index (χ0) is 13.8. The van der Waals surface area contributed by atoms with E-state index in [2.05, 4.69) is 16.5 Å². The average molecular weight is 257 g/mol. The zero-order valence-corrected chi connectivity index (χ0v) is 11.5. The van der Waals surface area contributed by atoms with Crippen molar-refractivity contribution in [3.8, 4) is 5.75 Å². The molecule has 19 heavy (non-hydrogen) atoms. The van der Waals surface area contributed by atoms with Gasteiger partial charge in [-0.1, -0.05) is 17.7 Å². The van der Waals surface area contributed by atoms with Crippen molar-refractivity contribution in [2.75, 3.05) is 7.11 Å². The number of nitrogens with one attached hydrogen (secondary N) is 1. The number of rotatable bonds is 4. The van der Waals surface area contributed by atoms with Gasteiger partial charge in [0.05, 0.1) is 18.8 Å². The second-order valence-electron chi connectivity index (χ2n) is 4.60. The van der Waals surface area contributed by atoms with Gasteiger partial charge in [-0.25, -0.2) is 5.43 Å². The summed E-state index contributed by atoms with van der Waals surface area (Å²) in [5.74, 6) is 6.52. The van der Waals surface area contributed by atoms with E-state index in [1.165, 1.54) is 0 Å². The van der Waals surface area contributed by atoms with Crippen molar-refractivity contribution in [1.82, 2.24) is 10.4 Å². The first-order chi connectivity index (χ1) is 9.15. The van der Waals surface area contributed by atoms with E-state index in [1.807, 2.05) is 38.1 Å². The molecule has 100 valence electrons. The third-order valence-corrected chi connectivity index (χ3v) is 3.10. The molecule has 0 saturated carbocycles. The Morgan fingerprint density at radius 3 is 2.53 bits per heavy atom. The van der Waals surface area contributed by atoms with Gasteiger partial charge in [0.25, 0.3) is 0 Å². The minimum absolute atomic E-state index is 0.185. The highest BCUT2D eigenvalue weighted by Crippen LogP contribution is 2.29. The summed E-state index contributed by atoms with van der Waals surface area (Å²) >= 11 is 0. The molecule has 0 fully saturated rings. The summed E-state index contributed by atoms with van der Waals surface area (Å²) in [5, 5.41) is 0. The fourth-order valence-corrected chi connectivity index (χ4v) is 2.13. The van der Waals surface area contributed by atoms with Crippen molar-refractivity contribution in [2.45, 2.75) is 19.9 Å². The fraction of sp³-hybridized carbons (Fsp3) is 0.267. The smallest absolute Gasteiger partial charge is 0.124 e. The predicted molar refractivity (Wildman–Crippen MR) is 75.9 cm³/mol. The van der Waals surface area contributed by atoms with Crippen molar-refractivity contribution in [1.29, 1.82) is 0 Å². The molecule has 2 rings (SSSR count). The van der Waals surface area contributed by atoms with Crippen LogP contribution in [-0.4, -0.2) is 12.1 Å². The lowest BCUT2D eigenvalue weighted by Crippen LogP contribution is -2.30. The Balaban J connectivity index is 2.50. The fourth-order valence-electron chi connectivity index (χ4n) is 2.13. The highest BCUT2D eigenvalue weighted by Gasteiger charge is 2.18. The molecule has 0 bridgehead atoms. The van der Waals surface area contributed by atoms with Gasteiger partial charge in [0.2, 0.25) is 0 Å². The lowest BCUT2D eigenvalue weighted by atomic mass is 9.99. The maximum absolute atomic E-state index is 5.72. The second-order valence-corrected chi connectivity index (χ2v) is 4.60. The molecule has 0 aliphatic heterocycles. The van der Waals surface area contributed by atoms with Crippen LogP contribution in [0.3, 0.4) is 0 Å². The number of methoxy groups -OCH3 is 1. The van der Waals surface area contributed by atoms with Crippen LogP contribution in [0, 0.1) is 13.8 Å². The number of aromatic nitrogens is 1. The Morgan fingerprint density at radius 2 is 1.89 bits per heavy atom. The molecule has 4 nitrogen and oxygen atoms in total. The third-order valence-electron chi connectivity index (χ3n) is 3.10. The van der Waals surface area contributed by atoms with E-state index in [1.54, 1.807) is 13.3 Å². The van der Waals surface area contributed by atoms with E-state index in [0.717, 1.165) is 28.1 Å². The largest absolute Gasteiger partial charge is 0.496 e. The molecule has 0 radical (unpaired) electrons. The van der Waals surface area contributed by atoms with Gasteiger partial charge in [0.15, 0.2) is 0 Å². The number of ether oxygens (including phenoxy) is 1. The molecule has 0 spiro atoms. The Hall–Kier alpha value is -1.91. The van der Waals surface area contributed by atoms with Crippen molar-refractivity contribution in [2.24, 2.45) is 5.84 Å². The summed E-state index contributed by atoms with van der Waals surface area (Å²) in [4.78, 5) is 4.39. The molecule has 1 aromatic carbocycles. The van der Waals surface area contributed by atoms with Crippen LogP contribution in [0.25, 0.3) is 0 Å². The molecule has 1 heterocycles. The van der Waals surface area contributed by atoms with Gasteiger partial charge < -0.3 is 4.74 Å². The molecule has 2 aromatic rings. The first-order valence-electron chi connectivity index (χ1n) is 6.19.